The number of nitrogens with zero attached hydrogens (tertiary/aromatic N) is 1. The fraction of sp³-hybridized carbons (Fsp3) is 0.318. The van der Waals surface area contributed by atoms with Gasteiger partial charge in [0.1, 0.15) is 11.3 Å². The minimum Gasteiger partial charge on any atom is -0.497 e. The number of carbonyl (C=O) groups is 1. The average molecular weight is 413 g/mol. The molecule has 0 spiro atoms. The summed E-state index contributed by atoms with van der Waals surface area (Å²) in [5.41, 5.74) is 2.42. The lowest BCUT2D eigenvalue weighted by Gasteiger charge is -2.28. The predicted molar refractivity (Wildman–Crippen MR) is 111 cm³/mol. The Hall–Kier alpha value is -2.80. The molecule has 1 atom stereocenters. The highest BCUT2D eigenvalue weighted by atomic mass is 32.2. The van der Waals surface area contributed by atoms with Crippen molar-refractivity contribution < 1.29 is 22.4 Å². The van der Waals surface area contributed by atoms with Gasteiger partial charge in [-0.25, -0.2) is 8.42 Å². The number of benzene rings is 2. The van der Waals surface area contributed by atoms with Gasteiger partial charge in [-0.05, 0) is 24.1 Å². The van der Waals surface area contributed by atoms with Crippen molar-refractivity contribution in [2.45, 2.75) is 25.4 Å². The maximum absolute atomic E-state index is 13.2. The normalized spacial score (nSPS) is 18.0. The molecule has 0 saturated carbocycles. The van der Waals surface area contributed by atoms with E-state index in [1.165, 1.54) is 0 Å². The first-order valence-electron chi connectivity index (χ1n) is 9.53. The van der Waals surface area contributed by atoms with Crippen LogP contribution in [0.1, 0.15) is 17.5 Å². The molecule has 1 fully saturated rings. The van der Waals surface area contributed by atoms with Gasteiger partial charge in [-0.2, -0.15) is 0 Å². The molecule has 2 aromatic carbocycles. The Morgan fingerprint density at radius 1 is 1.21 bits per heavy atom. The van der Waals surface area contributed by atoms with Crippen LogP contribution >= 0.6 is 0 Å². The van der Waals surface area contributed by atoms with Gasteiger partial charge in [0.2, 0.25) is 5.91 Å². The molecule has 0 aliphatic carbocycles. The van der Waals surface area contributed by atoms with Gasteiger partial charge in [0.25, 0.3) is 0 Å². The number of rotatable bonds is 6. The number of amides is 1. The monoisotopic (exact) mass is 413 g/mol. The molecule has 1 saturated heterocycles. The molecule has 0 radical (unpaired) electrons. The van der Waals surface area contributed by atoms with Gasteiger partial charge < -0.3 is 14.1 Å². The zero-order valence-electron chi connectivity index (χ0n) is 16.2. The van der Waals surface area contributed by atoms with Crippen molar-refractivity contribution in [3.05, 3.63) is 65.9 Å². The number of carbonyl (C=O) groups excluding carboxylic acids is 1. The molecule has 0 unspecified atom stereocenters. The molecule has 0 bridgehead atoms. The SMILES string of the molecule is COc1ccc2c(CC(=O)N(Cc3ccccc3)[C@H]3CCS(=O)(=O)C3)coc2c1. The second-order valence-corrected chi connectivity index (χ2v) is 9.59. The van der Waals surface area contributed by atoms with Crippen LogP contribution in [-0.4, -0.2) is 43.9 Å². The summed E-state index contributed by atoms with van der Waals surface area (Å²) in [6.45, 7) is 0.392. The van der Waals surface area contributed by atoms with Gasteiger partial charge in [0.05, 0.1) is 31.3 Å². The molecule has 3 aromatic rings. The zero-order chi connectivity index (χ0) is 20.4. The van der Waals surface area contributed by atoms with Crippen LogP contribution in [0.4, 0.5) is 0 Å². The van der Waals surface area contributed by atoms with Crippen LogP contribution in [0.25, 0.3) is 11.0 Å². The molecule has 152 valence electrons. The first kappa shape index (κ1) is 19.5. The van der Waals surface area contributed by atoms with Crippen LogP contribution in [-0.2, 0) is 27.6 Å². The van der Waals surface area contributed by atoms with Crippen molar-refractivity contribution in [1.29, 1.82) is 0 Å². The van der Waals surface area contributed by atoms with Crippen LogP contribution in [0.5, 0.6) is 5.75 Å². The maximum Gasteiger partial charge on any atom is 0.227 e. The summed E-state index contributed by atoms with van der Waals surface area (Å²) in [5.74, 6) is 0.737. The van der Waals surface area contributed by atoms with Crippen LogP contribution in [0, 0.1) is 0 Å². The van der Waals surface area contributed by atoms with E-state index in [1.54, 1.807) is 24.3 Å². The molecule has 1 aromatic heterocycles. The Morgan fingerprint density at radius 2 is 2.00 bits per heavy atom. The number of fused-ring (bicyclic) bond motifs is 1. The summed E-state index contributed by atoms with van der Waals surface area (Å²) in [5, 5.41) is 0.859. The van der Waals surface area contributed by atoms with Crippen LogP contribution in [0.2, 0.25) is 0 Å². The van der Waals surface area contributed by atoms with Crippen molar-refractivity contribution in [1.82, 2.24) is 4.90 Å². The summed E-state index contributed by atoms with van der Waals surface area (Å²) in [7, 11) is -1.51. The van der Waals surface area contributed by atoms with Gasteiger partial charge in [-0.1, -0.05) is 30.3 Å². The lowest BCUT2D eigenvalue weighted by molar-refractivity contribution is -0.133. The number of methoxy groups -OCH3 is 1. The highest BCUT2D eigenvalue weighted by Crippen LogP contribution is 2.27. The first-order valence-corrected chi connectivity index (χ1v) is 11.4. The van der Waals surface area contributed by atoms with E-state index >= 15 is 0 Å². The molecular weight excluding hydrogens is 390 g/mol. The van der Waals surface area contributed by atoms with Gasteiger partial charge in [0.15, 0.2) is 9.84 Å². The van der Waals surface area contributed by atoms with Crippen LogP contribution in [0.3, 0.4) is 0 Å². The number of hydrogen-bond donors (Lipinski definition) is 0. The van der Waals surface area contributed by atoms with E-state index in [0.29, 0.717) is 24.3 Å². The van der Waals surface area contributed by atoms with E-state index in [-0.39, 0.29) is 29.9 Å². The third-order valence-electron chi connectivity index (χ3n) is 5.37. The second-order valence-electron chi connectivity index (χ2n) is 7.36. The van der Waals surface area contributed by atoms with Crippen molar-refractivity contribution in [3.63, 3.8) is 0 Å². The number of sulfone groups is 1. The molecule has 6 nitrogen and oxygen atoms in total. The molecular formula is C22H23NO5S. The zero-order valence-corrected chi connectivity index (χ0v) is 17.0. The minimum atomic E-state index is -3.10. The largest absolute Gasteiger partial charge is 0.497 e. The Bertz CT molecular complexity index is 1120. The Balaban J connectivity index is 1.59. The van der Waals surface area contributed by atoms with Crippen LogP contribution < -0.4 is 4.74 Å². The smallest absolute Gasteiger partial charge is 0.227 e. The van der Waals surface area contributed by atoms with E-state index < -0.39 is 9.84 Å². The molecule has 7 heteroatoms. The highest BCUT2D eigenvalue weighted by Gasteiger charge is 2.34. The number of hydrogen-bond acceptors (Lipinski definition) is 5. The van der Waals surface area contributed by atoms with Crippen molar-refractivity contribution in [2.75, 3.05) is 18.6 Å². The quantitative estimate of drug-likeness (QED) is 0.620. The standard InChI is InChI=1S/C22H23NO5S/c1-27-19-7-8-20-17(14-28-21(20)12-19)11-22(24)23(13-16-5-3-2-4-6-16)18-9-10-29(25,26)15-18/h2-8,12,14,18H,9-11,13,15H2,1H3/t18-/m0/s1. The van der Waals surface area contributed by atoms with Crippen molar-refractivity contribution in [2.24, 2.45) is 0 Å². The average Bonchev–Trinajstić information content (AvgIpc) is 3.29. The fourth-order valence-corrected chi connectivity index (χ4v) is 5.54. The molecule has 2 heterocycles. The lowest BCUT2D eigenvalue weighted by Crippen LogP contribution is -2.41. The number of furan rings is 1. The van der Waals surface area contributed by atoms with Gasteiger partial charge in [-0.15, -0.1) is 0 Å². The Kier molecular flexibility index (Phi) is 5.32. The van der Waals surface area contributed by atoms with E-state index in [0.717, 1.165) is 16.5 Å². The lowest BCUT2D eigenvalue weighted by atomic mass is 10.1. The second kappa shape index (κ2) is 7.91. The van der Waals surface area contributed by atoms with Gasteiger partial charge >= 0.3 is 0 Å². The summed E-state index contributed by atoms with van der Waals surface area (Å²) >= 11 is 0. The van der Waals surface area contributed by atoms with E-state index in [9.17, 15) is 13.2 Å². The molecule has 0 N–H and O–H groups in total. The first-order chi connectivity index (χ1) is 13.9. The third kappa shape index (κ3) is 4.29. The Morgan fingerprint density at radius 3 is 2.69 bits per heavy atom. The van der Waals surface area contributed by atoms with Gasteiger partial charge in [0, 0.05) is 29.6 Å². The summed E-state index contributed by atoms with van der Waals surface area (Å²) in [6, 6.07) is 14.8. The topological polar surface area (TPSA) is 76.8 Å². The summed E-state index contributed by atoms with van der Waals surface area (Å²) in [6.07, 6.45) is 2.22. The van der Waals surface area contributed by atoms with E-state index in [4.69, 9.17) is 9.15 Å². The van der Waals surface area contributed by atoms with Crippen LogP contribution in [0.15, 0.2) is 59.2 Å². The van der Waals surface area contributed by atoms with Crippen molar-refractivity contribution in [3.8, 4) is 5.75 Å². The molecule has 4 rings (SSSR count). The molecule has 1 aliphatic rings. The molecule has 29 heavy (non-hydrogen) atoms. The fourth-order valence-electron chi connectivity index (χ4n) is 3.81. The van der Waals surface area contributed by atoms with Crippen molar-refractivity contribution >= 4 is 26.7 Å². The predicted octanol–water partition coefficient (Wildman–Crippen LogP) is 3.20. The molecule has 1 amide bonds. The maximum atomic E-state index is 13.2. The minimum absolute atomic E-state index is 0.0227. The summed E-state index contributed by atoms with van der Waals surface area (Å²) in [4.78, 5) is 15.0. The van der Waals surface area contributed by atoms with Gasteiger partial charge in [-0.3, -0.25) is 4.79 Å². The third-order valence-corrected chi connectivity index (χ3v) is 7.12. The Labute approximate surface area is 170 Å². The van der Waals surface area contributed by atoms with E-state index in [2.05, 4.69) is 0 Å². The van der Waals surface area contributed by atoms with E-state index in [1.807, 2.05) is 42.5 Å². The highest BCUT2D eigenvalue weighted by molar-refractivity contribution is 7.91. The summed E-state index contributed by atoms with van der Waals surface area (Å²) < 4.78 is 34.8. The number of ether oxygens (including phenoxy) is 1. The molecule has 1 aliphatic heterocycles.